The third kappa shape index (κ3) is 2.37. The molecule has 0 aliphatic heterocycles. The number of nitrogens with zero attached hydrogens (tertiary/aromatic N) is 3. The van der Waals surface area contributed by atoms with Gasteiger partial charge in [-0.1, -0.05) is 6.07 Å². The number of anilines is 1. The van der Waals surface area contributed by atoms with Gasteiger partial charge in [-0.2, -0.15) is 10.1 Å². The van der Waals surface area contributed by atoms with Crippen molar-refractivity contribution in [1.29, 1.82) is 5.53 Å². The average Bonchev–Trinajstić information content (AvgIpc) is 2.97. The van der Waals surface area contributed by atoms with Crippen LogP contribution in [0.2, 0.25) is 0 Å². The lowest BCUT2D eigenvalue weighted by atomic mass is 10.1. The number of nitrogens with one attached hydrogen (secondary N) is 3. The van der Waals surface area contributed by atoms with Crippen LogP contribution < -0.4 is 10.1 Å². The molecule has 22 heavy (non-hydrogen) atoms. The standard InChI is InChI=1S/C15H16N6O/c1-3-22-15-19-8-11-10(7-18-14(11)20-15)9-4-5-12(21-16)13(6-9)17-2/h4-8,16-17H,3H2,1-2H3,(H,18,19,20). The number of aromatic amines is 1. The fourth-order valence-electron chi connectivity index (χ4n) is 2.33. The molecule has 0 unspecified atom stereocenters. The predicted octanol–water partition coefficient (Wildman–Crippen LogP) is 3.73. The van der Waals surface area contributed by atoms with Gasteiger partial charge in [-0.15, -0.1) is 0 Å². The normalized spacial score (nSPS) is 10.6. The number of hydrogen-bond donors (Lipinski definition) is 3. The van der Waals surface area contributed by atoms with E-state index in [1.807, 2.05) is 31.3 Å². The molecule has 3 aromatic rings. The van der Waals surface area contributed by atoms with Crippen molar-refractivity contribution >= 4 is 22.4 Å². The third-order valence-electron chi connectivity index (χ3n) is 3.38. The van der Waals surface area contributed by atoms with Crippen molar-refractivity contribution in [3.63, 3.8) is 0 Å². The molecule has 7 heteroatoms. The SMILES string of the molecule is CCOc1ncc2c(-c3ccc(N=N)c(NC)c3)c[nH]c2n1. The zero-order valence-electron chi connectivity index (χ0n) is 12.3. The first-order valence-corrected chi connectivity index (χ1v) is 6.93. The van der Waals surface area contributed by atoms with Crippen LogP contribution in [0.5, 0.6) is 6.01 Å². The van der Waals surface area contributed by atoms with E-state index in [1.165, 1.54) is 0 Å². The first-order valence-electron chi connectivity index (χ1n) is 6.93. The Kier molecular flexibility index (Phi) is 3.69. The van der Waals surface area contributed by atoms with Gasteiger partial charge in [0.1, 0.15) is 11.3 Å². The highest BCUT2D eigenvalue weighted by molar-refractivity contribution is 5.94. The molecule has 3 rings (SSSR count). The summed E-state index contributed by atoms with van der Waals surface area (Å²) < 4.78 is 5.31. The van der Waals surface area contributed by atoms with Gasteiger partial charge in [-0.3, -0.25) is 0 Å². The number of aromatic nitrogens is 3. The molecule has 0 aliphatic carbocycles. The summed E-state index contributed by atoms with van der Waals surface area (Å²) in [5.74, 6) is 0. The maximum atomic E-state index is 7.17. The van der Waals surface area contributed by atoms with Gasteiger partial charge in [-0.25, -0.2) is 10.5 Å². The first-order chi connectivity index (χ1) is 10.8. The molecule has 0 aliphatic rings. The quantitative estimate of drug-likeness (QED) is 0.625. The van der Waals surface area contributed by atoms with Gasteiger partial charge in [0.25, 0.3) is 0 Å². The molecule has 0 radical (unpaired) electrons. The van der Waals surface area contributed by atoms with E-state index < -0.39 is 0 Å². The minimum Gasteiger partial charge on any atom is -0.464 e. The molecule has 0 amide bonds. The third-order valence-corrected chi connectivity index (χ3v) is 3.38. The summed E-state index contributed by atoms with van der Waals surface area (Å²) in [6.07, 6.45) is 3.64. The van der Waals surface area contributed by atoms with Gasteiger partial charge in [0.05, 0.1) is 12.3 Å². The first kappa shape index (κ1) is 14.0. The number of fused-ring (bicyclic) bond motifs is 1. The number of H-pyrrole nitrogens is 1. The summed E-state index contributed by atoms with van der Waals surface area (Å²) in [4.78, 5) is 11.7. The van der Waals surface area contributed by atoms with Crippen LogP contribution in [0.4, 0.5) is 11.4 Å². The average molecular weight is 296 g/mol. The largest absolute Gasteiger partial charge is 0.464 e. The van der Waals surface area contributed by atoms with Crippen LogP contribution in [-0.4, -0.2) is 28.6 Å². The predicted molar refractivity (Wildman–Crippen MR) is 84.8 cm³/mol. The van der Waals surface area contributed by atoms with Gasteiger partial charge >= 0.3 is 6.01 Å². The van der Waals surface area contributed by atoms with Crippen LogP contribution in [0, 0.1) is 5.53 Å². The Hall–Kier alpha value is -2.96. The van der Waals surface area contributed by atoms with E-state index in [1.54, 1.807) is 13.2 Å². The molecule has 3 N–H and O–H groups in total. The van der Waals surface area contributed by atoms with Crippen molar-refractivity contribution < 1.29 is 4.74 Å². The maximum Gasteiger partial charge on any atom is 0.318 e. The van der Waals surface area contributed by atoms with E-state index in [2.05, 4.69) is 25.4 Å². The van der Waals surface area contributed by atoms with E-state index in [0.29, 0.717) is 18.3 Å². The Labute approximate surface area is 127 Å². The molecule has 1 aromatic carbocycles. The van der Waals surface area contributed by atoms with E-state index >= 15 is 0 Å². The smallest absolute Gasteiger partial charge is 0.318 e. The number of ether oxygens (including phenoxy) is 1. The van der Waals surface area contributed by atoms with E-state index in [-0.39, 0.29) is 0 Å². The Balaban J connectivity index is 2.08. The second-order valence-corrected chi connectivity index (χ2v) is 4.64. The Morgan fingerprint density at radius 2 is 2.27 bits per heavy atom. The topological polar surface area (TPSA) is 99.0 Å². The van der Waals surface area contributed by atoms with Crippen molar-refractivity contribution in [1.82, 2.24) is 15.0 Å². The molecule has 0 fully saturated rings. The summed E-state index contributed by atoms with van der Waals surface area (Å²) >= 11 is 0. The summed E-state index contributed by atoms with van der Waals surface area (Å²) in [7, 11) is 1.81. The zero-order chi connectivity index (χ0) is 15.5. The molecule has 0 saturated heterocycles. The van der Waals surface area contributed by atoms with E-state index in [4.69, 9.17) is 10.3 Å². The minimum absolute atomic E-state index is 0.364. The molecule has 0 saturated carbocycles. The molecule has 0 spiro atoms. The highest BCUT2D eigenvalue weighted by atomic mass is 16.5. The van der Waals surface area contributed by atoms with Crippen LogP contribution in [-0.2, 0) is 0 Å². The Bertz CT molecular complexity index is 826. The van der Waals surface area contributed by atoms with E-state index in [0.717, 1.165) is 27.8 Å². The van der Waals surface area contributed by atoms with Crippen LogP contribution in [0.25, 0.3) is 22.2 Å². The van der Waals surface area contributed by atoms with Crippen LogP contribution in [0.15, 0.2) is 35.7 Å². The Morgan fingerprint density at radius 3 is 3.00 bits per heavy atom. The van der Waals surface area contributed by atoms with Crippen LogP contribution >= 0.6 is 0 Å². The number of benzene rings is 1. The van der Waals surface area contributed by atoms with Crippen LogP contribution in [0.1, 0.15) is 6.92 Å². The minimum atomic E-state index is 0.364. The van der Waals surface area contributed by atoms with Gasteiger partial charge in [-0.05, 0) is 24.6 Å². The molecule has 0 atom stereocenters. The number of rotatable bonds is 5. The van der Waals surface area contributed by atoms with Crippen molar-refractivity contribution in [2.75, 3.05) is 19.0 Å². The highest BCUT2D eigenvalue weighted by Gasteiger charge is 2.11. The molecule has 7 nitrogen and oxygen atoms in total. The van der Waals surface area contributed by atoms with Crippen molar-refractivity contribution in [2.24, 2.45) is 5.11 Å². The summed E-state index contributed by atoms with van der Waals surface area (Å²) in [6.45, 7) is 2.43. The summed E-state index contributed by atoms with van der Waals surface area (Å²) in [6, 6.07) is 6.05. The lowest BCUT2D eigenvalue weighted by Crippen LogP contribution is -1.96. The lowest BCUT2D eigenvalue weighted by Gasteiger charge is -2.07. The van der Waals surface area contributed by atoms with Gasteiger partial charge < -0.3 is 15.0 Å². The molecule has 2 heterocycles. The molecule has 112 valence electrons. The van der Waals surface area contributed by atoms with Gasteiger partial charge in [0, 0.05) is 30.4 Å². The van der Waals surface area contributed by atoms with Gasteiger partial charge in [0.15, 0.2) is 0 Å². The fraction of sp³-hybridized carbons (Fsp3) is 0.200. The fourth-order valence-corrected chi connectivity index (χ4v) is 2.33. The molecular formula is C15H16N6O. The number of hydrogen-bond acceptors (Lipinski definition) is 6. The Morgan fingerprint density at radius 1 is 1.41 bits per heavy atom. The summed E-state index contributed by atoms with van der Waals surface area (Å²) in [5, 5.41) is 7.46. The van der Waals surface area contributed by atoms with Crippen molar-refractivity contribution in [2.45, 2.75) is 6.92 Å². The van der Waals surface area contributed by atoms with Crippen LogP contribution in [0.3, 0.4) is 0 Å². The van der Waals surface area contributed by atoms with Gasteiger partial charge in [0.2, 0.25) is 0 Å². The highest BCUT2D eigenvalue weighted by Crippen LogP contribution is 2.33. The molecular weight excluding hydrogens is 280 g/mol. The molecule has 0 bridgehead atoms. The second kappa shape index (κ2) is 5.80. The second-order valence-electron chi connectivity index (χ2n) is 4.64. The molecule has 2 aromatic heterocycles. The zero-order valence-corrected chi connectivity index (χ0v) is 12.3. The van der Waals surface area contributed by atoms with Crippen molar-refractivity contribution in [3.05, 3.63) is 30.6 Å². The van der Waals surface area contributed by atoms with Crippen molar-refractivity contribution in [3.8, 4) is 17.1 Å². The lowest BCUT2D eigenvalue weighted by molar-refractivity contribution is 0.314. The van der Waals surface area contributed by atoms with E-state index in [9.17, 15) is 0 Å². The maximum absolute atomic E-state index is 7.17. The summed E-state index contributed by atoms with van der Waals surface area (Å²) in [5.41, 5.74) is 11.3. The monoisotopic (exact) mass is 296 g/mol.